The molecule has 3 nitrogen and oxygen atoms in total. The Morgan fingerprint density at radius 3 is 2.80 bits per heavy atom. The van der Waals surface area contributed by atoms with Crippen molar-refractivity contribution >= 4 is 5.91 Å². The van der Waals surface area contributed by atoms with Crippen LogP contribution in [-0.2, 0) is 11.2 Å². The molecule has 1 atom stereocenters. The number of nitrogens with one attached hydrogen (secondary N) is 1. The summed E-state index contributed by atoms with van der Waals surface area (Å²) in [4.78, 5) is 11.3. The normalized spacial score (nSPS) is 12.2. The Labute approximate surface area is 87.9 Å². The van der Waals surface area contributed by atoms with E-state index in [4.69, 9.17) is 5.11 Å². The third-order valence-corrected chi connectivity index (χ3v) is 1.99. The van der Waals surface area contributed by atoms with Gasteiger partial charge in [-0.3, -0.25) is 4.79 Å². The Morgan fingerprint density at radius 2 is 2.20 bits per heavy atom. The number of benzene rings is 1. The van der Waals surface area contributed by atoms with Crippen LogP contribution in [0.1, 0.15) is 12.5 Å². The number of hydrogen-bond acceptors (Lipinski definition) is 2. The lowest BCUT2D eigenvalue weighted by atomic mass is 10.1. The highest BCUT2D eigenvalue weighted by Gasteiger charge is 2.09. The lowest BCUT2D eigenvalue weighted by Crippen LogP contribution is -2.36. The van der Waals surface area contributed by atoms with Gasteiger partial charge in [0.25, 0.3) is 0 Å². The maximum absolute atomic E-state index is 13.1. The summed E-state index contributed by atoms with van der Waals surface area (Å²) >= 11 is 0. The summed E-state index contributed by atoms with van der Waals surface area (Å²) in [5.74, 6) is -0.675. The summed E-state index contributed by atoms with van der Waals surface area (Å²) in [5, 5.41) is 11.3. The van der Waals surface area contributed by atoms with E-state index in [0.717, 1.165) is 0 Å². The van der Waals surface area contributed by atoms with E-state index in [0.29, 0.717) is 5.56 Å². The van der Waals surface area contributed by atoms with E-state index >= 15 is 0 Å². The maximum Gasteiger partial charge on any atom is 0.224 e. The molecule has 0 aromatic heterocycles. The van der Waals surface area contributed by atoms with Gasteiger partial charge in [-0.05, 0) is 18.6 Å². The minimum atomic E-state index is -0.385. The van der Waals surface area contributed by atoms with Crippen LogP contribution < -0.4 is 5.32 Å². The van der Waals surface area contributed by atoms with Crippen molar-refractivity contribution in [3.05, 3.63) is 35.6 Å². The average molecular weight is 211 g/mol. The van der Waals surface area contributed by atoms with E-state index in [1.807, 2.05) is 0 Å². The summed E-state index contributed by atoms with van der Waals surface area (Å²) in [5.41, 5.74) is 0.361. The molecular formula is C11H14FNO2. The molecule has 0 unspecified atom stereocenters. The highest BCUT2D eigenvalue weighted by Crippen LogP contribution is 2.06. The molecular weight excluding hydrogens is 197 g/mol. The summed E-state index contributed by atoms with van der Waals surface area (Å²) in [6.07, 6.45) is -0.00296. The Hall–Kier alpha value is -1.42. The molecule has 0 aliphatic heterocycles. The van der Waals surface area contributed by atoms with Crippen molar-refractivity contribution in [2.75, 3.05) is 6.61 Å². The molecule has 82 valence electrons. The first-order valence-electron chi connectivity index (χ1n) is 4.77. The van der Waals surface area contributed by atoms with Crippen molar-refractivity contribution < 1.29 is 14.3 Å². The fraction of sp³-hybridized carbons (Fsp3) is 0.364. The molecule has 0 bridgehead atoms. The molecule has 4 heteroatoms. The van der Waals surface area contributed by atoms with Crippen molar-refractivity contribution in [3.8, 4) is 0 Å². The van der Waals surface area contributed by atoms with Gasteiger partial charge in [-0.1, -0.05) is 18.2 Å². The topological polar surface area (TPSA) is 49.3 Å². The smallest absolute Gasteiger partial charge is 0.224 e. The third-order valence-electron chi connectivity index (χ3n) is 1.99. The van der Waals surface area contributed by atoms with Crippen LogP contribution in [0.2, 0.25) is 0 Å². The Bertz CT molecular complexity index is 341. The maximum atomic E-state index is 13.1. The Morgan fingerprint density at radius 1 is 1.53 bits per heavy atom. The number of carbonyl (C=O) groups is 1. The van der Waals surface area contributed by atoms with Gasteiger partial charge < -0.3 is 10.4 Å². The number of rotatable bonds is 4. The second kappa shape index (κ2) is 5.46. The van der Waals surface area contributed by atoms with Gasteiger partial charge in [-0.15, -0.1) is 0 Å². The average Bonchev–Trinajstić information content (AvgIpc) is 2.21. The molecule has 0 aliphatic rings. The van der Waals surface area contributed by atoms with E-state index < -0.39 is 0 Å². The fourth-order valence-corrected chi connectivity index (χ4v) is 1.19. The fourth-order valence-electron chi connectivity index (χ4n) is 1.19. The highest BCUT2D eigenvalue weighted by molar-refractivity contribution is 5.78. The summed E-state index contributed by atoms with van der Waals surface area (Å²) in [7, 11) is 0. The van der Waals surface area contributed by atoms with Crippen molar-refractivity contribution in [1.82, 2.24) is 5.32 Å². The molecule has 0 spiro atoms. The lowest BCUT2D eigenvalue weighted by Gasteiger charge is -2.10. The van der Waals surface area contributed by atoms with Gasteiger partial charge in [-0.25, -0.2) is 4.39 Å². The van der Waals surface area contributed by atoms with Crippen molar-refractivity contribution in [3.63, 3.8) is 0 Å². The van der Waals surface area contributed by atoms with E-state index in [1.54, 1.807) is 25.1 Å². The standard InChI is InChI=1S/C11H14FNO2/c1-8(7-14)13-11(15)6-9-4-2-3-5-10(9)12/h2-5,8,14H,6-7H2,1H3,(H,13,15)/t8-/m1/s1. The van der Waals surface area contributed by atoms with Crippen LogP contribution in [0.3, 0.4) is 0 Å². The quantitative estimate of drug-likeness (QED) is 0.776. The van der Waals surface area contributed by atoms with Crippen LogP contribution in [0, 0.1) is 5.82 Å². The number of amides is 1. The summed E-state index contributed by atoms with van der Waals surface area (Å²) < 4.78 is 13.1. The van der Waals surface area contributed by atoms with Gasteiger partial charge in [0.2, 0.25) is 5.91 Å². The van der Waals surface area contributed by atoms with E-state index in [1.165, 1.54) is 6.07 Å². The molecule has 0 aliphatic carbocycles. The summed E-state index contributed by atoms with van der Waals surface area (Å²) in [6.45, 7) is 1.56. The lowest BCUT2D eigenvalue weighted by molar-refractivity contribution is -0.121. The third kappa shape index (κ3) is 3.67. The zero-order chi connectivity index (χ0) is 11.3. The minimum absolute atomic E-state index is 0.00296. The number of carbonyl (C=O) groups excluding carboxylic acids is 1. The van der Waals surface area contributed by atoms with Crippen LogP contribution in [0.15, 0.2) is 24.3 Å². The van der Waals surface area contributed by atoms with E-state index in [2.05, 4.69) is 5.32 Å². The Kier molecular flexibility index (Phi) is 4.24. The molecule has 0 saturated heterocycles. The van der Waals surface area contributed by atoms with Crippen LogP contribution in [0.5, 0.6) is 0 Å². The number of aliphatic hydroxyl groups is 1. The molecule has 1 amide bonds. The zero-order valence-corrected chi connectivity index (χ0v) is 8.53. The first kappa shape index (κ1) is 11.7. The van der Waals surface area contributed by atoms with E-state index in [9.17, 15) is 9.18 Å². The second-order valence-electron chi connectivity index (χ2n) is 3.42. The van der Waals surface area contributed by atoms with Gasteiger partial charge in [0.15, 0.2) is 0 Å². The monoisotopic (exact) mass is 211 g/mol. The van der Waals surface area contributed by atoms with E-state index in [-0.39, 0.29) is 30.8 Å². The van der Waals surface area contributed by atoms with Crippen LogP contribution in [0.25, 0.3) is 0 Å². The number of halogens is 1. The second-order valence-corrected chi connectivity index (χ2v) is 3.42. The van der Waals surface area contributed by atoms with Crippen molar-refractivity contribution in [2.45, 2.75) is 19.4 Å². The molecule has 1 aromatic rings. The largest absolute Gasteiger partial charge is 0.394 e. The Balaban J connectivity index is 2.55. The van der Waals surface area contributed by atoms with Crippen molar-refractivity contribution in [1.29, 1.82) is 0 Å². The zero-order valence-electron chi connectivity index (χ0n) is 8.53. The molecule has 0 saturated carbocycles. The van der Waals surface area contributed by atoms with Gasteiger partial charge in [0.1, 0.15) is 5.82 Å². The minimum Gasteiger partial charge on any atom is -0.394 e. The highest BCUT2D eigenvalue weighted by atomic mass is 19.1. The molecule has 1 aromatic carbocycles. The predicted molar refractivity (Wildman–Crippen MR) is 54.8 cm³/mol. The molecule has 1 rings (SSSR count). The molecule has 15 heavy (non-hydrogen) atoms. The molecule has 0 radical (unpaired) electrons. The molecule has 0 fully saturated rings. The predicted octanol–water partition coefficient (Wildman–Crippen LogP) is 0.865. The number of hydrogen-bond donors (Lipinski definition) is 2. The SMILES string of the molecule is C[C@H](CO)NC(=O)Cc1ccccc1F. The van der Waals surface area contributed by atoms with Crippen LogP contribution >= 0.6 is 0 Å². The van der Waals surface area contributed by atoms with Crippen LogP contribution in [0.4, 0.5) is 4.39 Å². The van der Waals surface area contributed by atoms with Crippen molar-refractivity contribution in [2.24, 2.45) is 0 Å². The van der Waals surface area contributed by atoms with Crippen LogP contribution in [-0.4, -0.2) is 23.7 Å². The van der Waals surface area contributed by atoms with Gasteiger partial charge in [0, 0.05) is 6.04 Å². The summed E-state index contributed by atoms with van der Waals surface area (Å²) in [6, 6.07) is 5.84. The first-order chi connectivity index (χ1) is 7.13. The van der Waals surface area contributed by atoms with Gasteiger partial charge >= 0.3 is 0 Å². The molecule has 2 N–H and O–H groups in total. The van der Waals surface area contributed by atoms with Gasteiger partial charge in [-0.2, -0.15) is 0 Å². The first-order valence-corrected chi connectivity index (χ1v) is 4.77. The molecule has 0 heterocycles. The van der Waals surface area contributed by atoms with Gasteiger partial charge in [0.05, 0.1) is 13.0 Å². The number of aliphatic hydroxyl groups excluding tert-OH is 1.